The van der Waals surface area contributed by atoms with E-state index in [0.717, 1.165) is 11.3 Å². The molecule has 2 rings (SSSR count). The molecule has 0 aromatic heterocycles. The fraction of sp³-hybridized carbons (Fsp3) is 0.375. The Bertz CT molecular complexity index is 556. The number of benzene rings is 1. The quantitative estimate of drug-likeness (QED) is 0.804. The molecular weight excluding hydrogens is 268 g/mol. The van der Waals surface area contributed by atoms with Crippen LogP contribution in [0.4, 0.5) is 5.69 Å². The summed E-state index contributed by atoms with van der Waals surface area (Å²) in [5.74, 6) is -1.45. The number of aliphatic carboxylic acids is 1. The molecule has 0 radical (unpaired) electrons. The minimum absolute atomic E-state index is 0.129. The molecule has 2 unspecified atom stereocenters. The van der Waals surface area contributed by atoms with Gasteiger partial charge in [0.05, 0.1) is 5.92 Å². The molecule has 5 nitrogen and oxygen atoms in total. The van der Waals surface area contributed by atoms with Gasteiger partial charge in [-0.25, -0.2) is 0 Å². The summed E-state index contributed by atoms with van der Waals surface area (Å²) in [7, 11) is 0. The number of hydrogen-bond acceptors (Lipinski definition) is 3. The second-order valence-electron chi connectivity index (χ2n) is 5.23. The van der Waals surface area contributed by atoms with Crippen LogP contribution in [0.1, 0.15) is 12.5 Å². The van der Waals surface area contributed by atoms with Crippen molar-refractivity contribution >= 4 is 17.6 Å². The predicted octanol–water partition coefficient (Wildman–Crippen LogP) is 1.44. The van der Waals surface area contributed by atoms with Crippen molar-refractivity contribution in [2.24, 2.45) is 5.92 Å². The van der Waals surface area contributed by atoms with Crippen LogP contribution < -0.4 is 10.2 Å². The number of hydrogen-bond donors (Lipinski definition) is 2. The van der Waals surface area contributed by atoms with Gasteiger partial charge >= 0.3 is 5.97 Å². The van der Waals surface area contributed by atoms with Gasteiger partial charge in [-0.15, -0.1) is 6.58 Å². The first-order valence-corrected chi connectivity index (χ1v) is 7.00. The molecule has 2 N–H and O–H groups in total. The number of nitrogens with one attached hydrogen (secondary N) is 1. The van der Waals surface area contributed by atoms with Crippen molar-refractivity contribution < 1.29 is 14.7 Å². The Hall–Kier alpha value is -2.30. The van der Waals surface area contributed by atoms with Crippen LogP contribution in [0.15, 0.2) is 36.9 Å². The Morgan fingerprint density at radius 2 is 2.24 bits per heavy atom. The maximum Gasteiger partial charge on any atom is 0.308 e. The molecule has 112 valence electrons. The highest BCUT2D eigenvalue weighted by Gasteiger charge is 2.33. The average Bonchev–Trinajstić information content (AvgIpc) is 2.50. The van der Waals surface area contributed by atoms with E-state index in [1.807, 2.05) is 29.2 Å². The molecule has 0 saturated carbocycles. The number of carboxylic acid groups (broad SMARTS) is 1. The van der Waals surface area contributed by atoms with Gasteiger partial charge < -0.3 is 15.3 Å². The van der Waals surface area contributed by atoms with Crippen LogP contribution in [0, 0.1) is 5.92 Å². The van der Waals surface area contributed by atoms with Gasteiger partial charge in [0.25, 0.3) is 0 Å². The van der Waals surface area contributed by atoms with E-state index in [9.17, 15) is 14.7 Å². The average molecular weight is 288 g/mol. The summed E-state index contributed by atoms with van der Waals surface area (Å²) in [6.07, 6.45) is 2.12. The molecule has 0 fully saturated rings. The number of rotatable bonds is 5. The van der Waals surface area contributed by atoms with Crippen LogP contribution >= 0.6 is 0 Å². The van der Waals surface area contributed by atoms with Crippen LogP contribution in [0.3, 0.4) is 0 Å². The number of nitrogens with zero attached hydrogens (tertiary/aromatic N) is 1. The highest BCUT2D eigenvalue weighted by atomic mass is 16.4. The van der Waals surface area contributed by atoms with E-state index in [4.69, 9.17) is 0 Å². The van der Waals surface area contributed by atoms with Gasteiger partial charge in [-0.05, 0) is 25.0 Å². The molecular formula is C16H20N2O3. The number of carbonyl (C=O) groups is 2. The predicted molar refractivity (Wildman–Crippen MR) is 81.3 cm³/mol. The van der Waals surface area contributed by atoms with Gasteiger partial charge in [0.15, 0.2) is 0 Å². The number of anilines is 1. The third-order valence-electron chi connectivity index (χ3n) is 3.80. The molecule has 0 saturated heterocycles. The highest BCUT2D eigenvalue weighted by molar-refractivity contribution is 5.86. The molecule has 1 aromatic carbocycles. The van der Waals surface area contributed by atoms with Crippen molar-refractivity contribution in [3.05, 3.63) is 42.5 Å². The topological polar surface area (TPSA) is 69.6 Å². The lowest BCUT2D eigenvalue weighted by Crippen LogP contribution is -2.50. The summed E-state index contributed by atoms with van der Waals surface area (Å²) < 4.78 is 0. The van der Waals surface area contributed by atoms with E-state index in [1.54, 1.807) is 13.0 Å². The lowest BCUT2D eigenvalue weighted by molar-refractivity contribution is -0.141. The molecule has 5 heteroatoms. The maximum absolute atomic E-state index is 12.1. The van der Waals surface area contributed by atoms with Crippen LogP contribution in [0.2, 0.25) is 0 Å². The van der Waals surface area contributed by atoms with Gasteiger partial charge in [0, 0.05) is 18.8 Å². The van der Waals surface area contributed by atoms with Crippen molar-refractivity contribution in [2.75, 3.05) is 18.0 Å². The molecule has 1 aliphatic heterocycles. The van der Waals surface area contributed by atoms with E-state index < -0.39 is 17.9 Å². The SMILES string of the molecule is C=CCNC(=O)C(C)N1CC(C(=O)O)Cc2ccccc21. The summed E-state index contributed by atoms with van der Waals surface area (Å²) in [5, 5.41) is 12.1. The normalized spacial score (nSPS) is 18.5. The van der Waals surface area contributed by atoms with E-state index in [-0.39, 0.29) is 5.91 Å². The Kier molecular flexibility index (Phi) is 4.62. The minimum Gasteiger partial charge on any atom is -0.481 e. The molecule has 0 aliphatic carbocycles. The largest absolute Gasteiger partial charge is 0.481 e. The number of carboxylic acids is 1. The zero-order chi connectivity index (χ0) is 15.4. The number of carbonyl (C=O) groups excluding carboxylic acids is 1. The molecule has 1 amide bonds. The van der Waals surface area contributed by atoms with Crippen molar-refractivity contribution in [1.82, 2.24) is 5.32 Å². The zero-order valence-electron chi connectivity index (χ0n) is 12.1. The van der Waals surface area contributed by atoms with Gasteiger partial charge in [-0.3, -0.25) is 9.59 Å². The number of fused-ring (bicyclic) bond motifs is 1. The maximum atomic E-state index is 12.1. The number of para-hydroxylation sites is 1. The van der Waals surface area contributed by atoms with Crippen LogP contribution in [0.25, 0.3) is 0 Å². The summed E-state index contributed by atoms with van der Waals surface area (Å²) in [6, 6.07) is 7.23. The van der Waals surface area contributed by atoms with Crippen LogP contribution in [-0.4, -0.2) is 36.1 Å². The van der Waals surface area contributed by atoms with Gasteiger partial charge in [0.2, 0.25) is 5.91 Å². The van der Waals surface area contributed by atoms with E-state index in [0.29, 0.717) is 19.5 Å². The lowest BCUT2D eigenvalue weighted by Gasteiger charge is -2.38. The highest BCUT2D eigenvalue weighted by Crippen LogP contribution is 2.31. The van der Waals surface area contributed by atoms with Crippen molar-refractivity contribution in [2.45, 2.75) is 19.4 Å². The Balaban J connectivity index is 2.26. The first kappa shape index (κ1) is 15.1. The molecule has 0 spiro atoms. The second kappa shape index (κ2) is 6.43. The van der Waals surface area contributed by atoms with Gasteiger partial charge in [-0.1, -0.05) is 24.3 Å². The first-order chi connectivity index (χ1) is 10.0. The molecule has 1 aliphatic rings. The van der Waals surface area contributed by atoms with Crippen LogP contribution in [-0.2, 0) is 16.0 Å². The first-order valence-electron chi connectivity index (χ1n) is 7.00. The van der Waals surface area contributed by atoms with Crippen LogP contribution in [0.5, 0.6) is 0 Å². The fourth-order valence-corrected chi connectivity index (χ4v) is 2.62. The van der Waals surface area contributed by atoms with Gasteiger partial charge in [-0.2, -0.15) is 0 Å². The number of amides is 1. The third-order valence-corrected chi connectivity index (χ3v) is 3.80. The molecule has 0 bridgehead atoms. The summed E-state index contributed by atoms with van der Waals surface area (Å²) in [5.41, 5.74) is 1.91. The molecule has 21 heavy (non-hydrogen) atoms. The zero-order valence-corrected chi connectivity index (χ0v) is 12.1. The Morgan fingerprint density at radius 3 is 2.90 bits per heavy atom. The third kappa shape index (κ3) is 3.24. The Labute approximate surface area is 124 Å². The molecule has 1 heterocycles. The minimum atomic E-state index is -0.826. The summed E-state index contributed by atoms with van der Waals surface area (Å²) in [6.45, 7) is 6.11. The van der Waals surface area contributed by atoms with E-state index >= 15 is 0 Å². The fourth-order valence-electron chi connectivity index (χ4n) is 2.62. The van der Waals surface area contributed by atoms with E-state index in [2.05, 4.69) is 11.9 Å². The monoisotopic (exact) mass is 288 g/mol. The molecule has 2 atom stereocenters. The Morgan fingerprint density at radius 1 is 1.52 bits per heavy atom. The van der Waals surface area contributed by atoms with Gasteiger partial charge in [0.1, 0.15) is 6.04 Å². The van der Waals surface area contributed by atoms with Crippen molar-refractivity contribution in [3.8, 4) is 0 Å². The lowest BCUT2D eigenvalue weighted by atomic mass is 9.91. The summed E-state index contributed by atoms with van der Waals surface area (Å²) >= 11 is 0. The van der Waals surface area contributed by atoms with Crippen molar-refractivity contribution in [3.63, 3.8) is 0 Å². The van der Waals surface area contributed by atoms with Crippen molar-refractivity contribution in [1.29, 1.82) is 0 Å². The summed E-state index contributed by atoms with van der Waals surface area (Å²) in [4.78, 5) is 25.3. The standard InChI is InChI=1S/C16H20N2O3/c1-3-8-17-15(19)11(2)18-10-13(16(20)21)9-12-6-4-5-7-14(12)18/h3-7,11,13H,1,8-10H2,2H3,(H,17,19)(H,20,21). The second-order valence-corrected chi connectivity index (χ2v) is 5.23. The smallest absolute Gasteiger partial charge is 0.308 e. The molecule has 1 aromatic rings. The van der Waals surface area contributed by atoms with E-state index in [1.165, 1.54) is 0 Å².